The van der Waals surface area contributed by atoms with Crippen molar-refractivity contribution in [2.75, 3.05) is 9.80 Å². The maximum atomic E-state index is 2.47. The molecule has 0 saturated heterocycles. The minimum atomic E-state index is -0.216. The van der Waals surface area contributed by atoms with Crippen LogP contribution in [0.4, 0.5) is 34.1 Å². The van der Waals surface area contributed by atoms with Gasteiger partial charge < -0.3 is 9.80 Å². The molecule has 8 aromatic rings. The second-order valence-corrected chi connectivity index (χ2v) is 14.3. The van der Waals surface area contributed by atoms with Gasteiger partial charge in [0.25, 0.3) is 0 Å². The lowest BCUT2D eigenvalue weighted by molar-refractivity contribution is 0.660. The van der Waals surface area contributed by atoms with Crippen molar-refractivity contribution >= 4 is 55.7 Å². The van der Waals surface area contributed by atoms with Gasteiger partial charge in [-0.05, 0) is 130 Å². The second kappa shape index (κ2) is 12.0. The summed E-state index contributed by atoms with van der Waals surface area (Å²) in [5.41, 5.74) is 14.7. The zero-order chi connectivity index (χ0) is 34.7. The number of anilines is 6. The van der Waals surface area contributed by atoms with E-state index in [1.54, 1.807) is 0 Å². The number of hydrogen-bond donors (Lipinski definition) is 0. The minimum absolute atomic E-state index is 0.216. The molecule has 0 aliphatic heterocycles. The van der Waals surface area contributed by atoms with Crippen LogP contribution in [-0.4, -0.2) is 0 Å². The third-order valence-electron chi connectivity index (χ3n) is 10.8. The van der Waals surface area contributed by atoms with Crippen molar-refractivity contribution in [2.45, 2.75) is 33.1 Å². The Morgan fingerprint density at radius 3 is 1.41 bits per heavy atom. The van der Waals surface area contributed by atoms with Crippen LogP contribution in [0.15, 0.2) is 170 Å². The second-order valence-electron chi connectivity index (χ2n) is 14.3. The molecule has 0 aromatic heterocycles. The lowest BCUT2D eigenvalue weighted by Crippen LogP contribution is -2.18. The molecule has 0 atom stereocenters. The van der Waals surface area contributed by atoms with Gasteiger partial charge in [0.05, 0.1) is 5.69 Å². The molecule has 246 valence electrons. The van der Waals surface area contributed by atoms with Crippen LogP contribution in [0.5, 0.6) is 0 Å². The van der Waals surface area contributed by atoms with E-state index in [1.165, 1.54) is 72.0 Å². The standard InChI is InChI=1S/C49H40N2/c1-33-29-42-43-30-34(2)48(51(38-22-12-7-13-23-38)46-26-16-25-40-39-24-15-14-17-35(39)27-28-41(40)46)32-45(43)49(3,4)44(42)31-47(33)50(36-18-8-5-9-19-36)37-20-10-6-11-21-37/h5-32H,1-4H3. The number of rotatable bonds is 6. The maximum Gasteiger partial charge on any atom is 0.0540 e. The molecule has 2 nitrogen and oxygen atoms in total. The fourth-order valence-corrected chi connectivity index (χ4v) is 8.28. The first kappa shape index (κ1) is 30.9. The molecule has 0 fully saturated rings. The van der Waals surface area contributed by atoms with E-state index in [4.69, 9.17) is 0 Å². The van der Waals surface area contributed by atoms with Crippen LogP contribution in [0.2, 0.25) is 0 Å². The molecule has 2 heteroatoms. The molecular formula is C49H40N2. The SMILES string of the molecule is Cc1cc2c(cc1N(c1ccccc1)c1ccccc1)C(C)(C)c1cc(N(c3ccccc3)c3cccc4c3ccc3ccccc34)c(C)cc1-2. The van der Waals surface area contributed by atoms with Crippen LogP contribution in [0, 0.1) is 13.8 Å². The molecule has 0 N–H and O–H groups in total. The van der Waals surface area contributed by atoms with E-state index in [-0.39, 0.29) is 5.41 Å². The summed E-state index contributed by atoms with van der Waals surface area (Å²) < 4.78 is 0. The van der Waals surface area contributed by atoms with E-state index >= 15 is 0 Å². The highest BCUT2D eigenvalue weighted by atomic mass is 15.2. The summed E-state index contributed by atoms with van der Waals surface area (Å²) in [6.45, 7) is 9.30. The van der Waals surface area contributed by atoms with Crippen LogP contribution < -0.4 is 9.80 Å². The van der Waals surface area contributed by atoms with Crippen molar-refractivity contribution in [2.24, 2.45) is 0 Å². The summed E-state index contributed by atoms with van der Waals surface area (Å²) in [5.74, 6) is 0. The van der Waals surface area contributed by atoms with Crippen LogP contribution in [0.25, 0.3) is 32.7 Å². The molecule has 51 heavy (non-hydrogen) atoms. The van der Waals surface area contributed by atoms with Crippen molar-refractivity contribution in [3.8, 4) is 11.1 Å². The summed E-state index contributed by atoms with van der Waals surface area (Å²) in [6, 6.07) is 62.0. The van der Waals surface area contributed by atoms with Gasteiger partial charge in [-0.25, -0.2) is 0 Å². The molecule has 8 aromatic carbocycles. The van der Waals surface area contributed by atoms with E-state index in [0.29, 0.717) is 0 Å². The molecule has 0 heterocycles. The quantitative estimate of drug-likeness (QED) is 0.164. The zero-order valence-corrected chi connectivity index (χ0v) is 29.6. The Morgan fingerprint density at radius 1 is 0.373 bits per heavy atom. The number of aryl methyl sites for hydroxylation is 2. The van der Waals surface area contributed by atoms with Crippen molar-refractivity contribution in [3.05, 3.63) is 192 Å². The van der Waals surface area contributed by atoms with Gasteiger partial charge in [0.1, 0.15) is 0 Å². The highest BCUT2D eigenvalue weighted by Crippen LogP contribution is 2.54. The summed E-state index contributed by atoms with van der Waals surface area (Å²) in [7, 11) is 0. The van der Waals surface area contributed by atoms with E-state index in [1.807, 2.05) is 0 Å². The Bertz CT molecular complexity index is 2530. The molecule has 1 aliphatic rings. The predicted octanol–water partition coefficient (Wildman–Crippen LogP) is 13.9. The van der Waals surface area contributed by atoms with Crippen LogP contribution in [0.1, 0.15) is 36.1 Å². The van der Waals surface area contributed by atoms with Gasteiger partial charge in [-0.15, -0.1) is 0 Å². The smallest absolute Gasteiger partial charge is 0.0540 e. The van der Waals surface area contributed by atoms with Gasteiger partial charge in [0.2, 0.25) is 0 Å². The summed E-state index contributed by atoms with van der Waals surface area (Å²) in [4.78, 5) is 4.86. The lowest BCUT2D eigenvalue weighted by atomic mass is 9.81. The van der Waals surface area contributed by atoms with E-state index in [9.17, 15) is 0 Å². The third kappa shape index (κ3) is 5.02. The molecule has 0 amide bonds. The molecule has 0 saturated carbocycles. The van der Waals surface area contributed by atoms with E-state index < -0.39 is 0 Å². The number of hydrogen-bond acceptors (Lipinski definition) is 2. The van der Waals surface area contributed by atoms with Gasteiger partial charge in [0.15, 0.2) is 0 Å². The molecule has 9 rings (SSSR count). The summed E-state index contributed by atoms with van der Waals surface area (Å²) in [6.07, 6.45) is 0. The summed E-state index contributed by atoms with van der Waals surface area (Å²) >= 11 is 0. The zero-order valence-electron chi connectivity index (χ0n) is 29.6. The monoisotopic (exact) mass is 656 g/mol. The topological polar surface area (TPSA) is 6.48 Å². The number of fused-ring (bicyclic) bond motifs is 6. The Labute approximate surface area is 300 Å². The number of benzene rings is 8. The average molecular weight is 657 g/mol. The van der Waals surface area contributed by atoms with Gasteiger partial charge in [-0.3, -0.25) is 0 Å². The van der Waals surface area contributed by atoms with Gasteiger partial charge in [-0.2, -0.15) is 0 Å². The first-order valence-electron chi connectivity index (χ1n) is 17.9. The molecule has 0 bridgehead atoms. The van der Waals surface area contributed by atoms with Crippen molar-refractivity contribution in [1.29, 1.82) is 0 Å². The van der Waals surface area contributed by atoms with Crippen molar-refractivity contribution in [3.63, 3.8) is 0 Å². The molecule has 0 radical (unpaired) electrons. The average Bonchev–Trinajstić information content (AvgIpc) is 3.37. The predicted molar refractivity (Wildman–Crippen MR) is 218 cm³/mol. The fraction of sp³-hybridized carbons (Fsp3) is 0.102. The highest BCUT2D eigenvalue weighted by Gasteiger charge is 2.38. The largest absolute Gasteiger partial charge is 0.310 e. The molecular weight excluding hydrogens is 617 g/mol. The molecule has 1 aliphatic carbocycles. The Hall–Kier alpha value is -6.12. The van der Waals surface area contributed by atoms with Crippen LogP contribution >= 0.6 is 0 Å². The number of nitrogens with zero attached hydrogens (tertiary/aromatic N) is 2. The highest BCUT2D eigenvalue weighted by molar-refractivity contribution is 6.13. The maximum absolute atomic E-state index is 2.47. The molecule has 0 unspecified atom stereocenters. The lowest BCUT2D eigenvalue weighted by Gasteiger charge is -2.31. The van der Waals surface area contributed by atoms with E-state index in [2.05, 4.69) is 207 Å². The fourth-order valence-electron chi connectivity index (χ4n) is 8.28. The first-order valence-corrected chi connectivity index (χ1v) is 17.9. The van der Waals surface area contributed by atoms with Crippen molar-refractivity contribution in [1.82, 2.24) is 0 Å². The first-order chi connectivity index (χ1) is 24.9. The Morgan fingerprint density at radius 2 is 0.843 bits per heavy atom. The Balaban J connectivity index is 1.23. The molecule has 0 spiro atoms. The number of para-hydroxylation sites is 3. The van der Waals surface area contributed by atoms with Gasteiger partial charge >= 0.3 is 0 Å². The van der Waals surface area contributed by atoms with Crippen molar-refractivity contribution < 1.29 is 0 Å². The van der Waals surface area contributed by atoms with Gasteiger partial charge in [0, 0.05) is 39.2 Å². The van der Waals surface area contributed by atoms with Gasteiger partial charge in [-0.1, -0.05) is 117 Å². The minimum Gasteiger partial charge on any atom is -0.310 e. The Kier molecular flexibility index (Phi) is 7.29. The van der Waals surface area contributed by atoms with Crippen LogP contribution in [-0.2, 0) is 5.41 Å². The summed E-state index contributed by atoms with van der Waals surface area (Å²) in [5, 5.41) is 5.04. The third-order valence-corrected chi connectivity index (χ3v) is 10.8. The normalized spacial score (nSPS) is 12.9. The van der Waals surface area contributed by atoms with E-state index in [0.717, 1.165) is 17.1 Å². The van der Waals surface area contributed by atoms with Crippen LogP contribution in [0.3, 0.4) is 0 Å².